The summed E-state index contributed by atoms with van der Waals surface area (Å²) in [5.74, 6) is -0.165. The van der Waals surface area contributed by atoms with Crippen LogP contribution in [0.3, 0.4) is 0 Å². The number of amides is 1. The molecule has 1 aliphatic rings. The van der Waals surface area contributed by atoms with Gasteiger partial charge in [-0.25, -0.2) is 0 Å². The number of carbonyl (C=O) groups excluding carboxylic acids is 2. The summed E-state index contributed by atoms with van der Waals surface area (Å²) >= 11 is 0. The normalized spacial score (nSPS) is 17.7. The highest BCUT2D eigenvalue weighted by Gasteiger charge is 2.44. The zero-order chi connectivity index (χ0) is 65.1. The van der Waals surface area contributed by atoms with Crippen LogP contribution in [0.1, 0.15) is 406 Å². The van der Waals surface area contributed by atoms with Crippen LogP contribution in [0.5, 0.6) is 0 Å². The van der Waals surface area contributed by atoms with Gasteiger partial charge in [0.1, 0.15) is 24.4 Å². The molecular formula is C79H151NO10. The Hall–Kier alpha value is -1.86. The largest absolute Gasteiger partial charge is 0.466 e. The minimum Gasteiger partial charge on any atom is -0.466 e. The molecule has 1 heterocycles. The van der Waals surface area contributed by atoms with Gasteiger partial charge in [-0.05, 0) is 44.9 Å². The van der Waals surface area contributed by atoms with Crippen LogP contribution in [-0.4, -0.2) is 100 Å². The second-order valence-electron chi connectivity index (χ2n) is 27.8. The molecule has 6 N–H and O–H groups in total. The topological polar surface area (TPSA) is 175 Å². The molecule has 0 saturated carbocycles. The standard InChI is InChI=1S/C79H151NO10/c1-3-5-7-9-11-13-15-42-45-49-53-57-61-65-72(82)71(70-89-79-78(87)77(86)76(85)73(69-81)90-79)80-74(83)66-62-58-54-50-46-43-40-38-36-34-32-30-28-26-24-22-20-18-17-19-21-23-25-27-29-31-33-35-37-39-41-44-48-52-56-60-64-68-88-75(84)67-63-59-55-51-47-16-14-12-10-8-6-4-2/h45,49,61,65,71-73,76-79,81-82,85-87H,3-44,46-48,50-60,62-64,66-70H2,1-2H3,(H,80,83)/b49-45+,65-61+. The van der Waals surface area contributed by atoms with E-state index in [1.165, 1.54) is 327 Å². The van der Waals surface area contributed by atoms with Gasteiger partial charge in [0.25, 0.3) is 0 Å². The van der Waals surface area contributed by atoms with Crippen molar-refractivity contribution in [3.05, 3.63) is 24.3 Å². The van der Waals surface area contributed by atoms with E-state index in [2.05, 4.69) is 31.3 Å². The van der Waals surface area contributed by atoms with Crippen molar-refractivity contribution >= 4 is 11.9 Å². The number of esters is 1. The number of hydrogen-bond donors (Lipinski definition) is 6. The molecule has 0 aromatic rings. The first-order valence-corrected chi connectivity index (χ1v) is 39.6. The highest BCUT2D eigenvalue weighted by molar-refractivity contribution is 5.76. The Labute approximate surface area is 556 Å². The maximum atomic E-state index is 13.1. The van der Waals surface area contributed by atoms with Crippen molar-refractivity contribution in [1.82, 2.24) is 5.32 Å². The van der Waals surface area contributed by atoms with Crippen molar-refractivity contribution in [2.24, 2.45) is 0 Å². The summed E-state index contributed by atoms with van der Waals surface area (Å²) in [6.45, 7) is 4.37. The molecule has 532 valence electrons. The number of allylic oxidation sites excluding steroid dienone is 3. The van der Waals surface area contributed by atoms with E-state index < -0.39 is 49.5 Å². The summed E-state index contributed by atoms with van der Waals surface area (Å²) < 4.78 is 16.8. The van der Waals surface area contributed by atoms with Gasteiger partial charge in [0.05, 0.1) is 32.0 Å². The van der Waals surface area contributed by atoms with E-state index in [0.717, 1.165) is 51.4 Å². The molecule has 11 heteroatoms. The molecule has 1 amide bonds. The van der Waals surface area contributed by atoms with Gasteiger partial charge in [-0.3, -0.25) is 9.59 Å². The number of aliphatic hydroxyl groups is 5. The van der Waals surface area contributed by atoms with E-state index in [1.807, 2.05) is 6.08 Å². The van der Waals surface area contributed by atoms with Crippen molar-refractivity contribution in [3.63, 3.8) is 0 Å². The number of ether oxygens (including phenoxy) is 3. The first kappa shape index (κ1) is 86.2. The van der Waals surface area contributed by atoms with Crippen LogP contribution in [0, 0.1) is 0 Å². The van der Waals surface area contributed by atoms with Gasteiger partial charge in [-0.1, -0.05) is 372 Å². The lowest BCUT2D eigenvalue weighted by Gasteiger charge is -2.40. The second kappa shape index (κ2) is 68.5. The highest BCUT2D eigenvalue weighted by atomic mass is 16.7. The van der Waals surface area contributed by atoms with Crippen LogP contribution < -0.4 is 5.32 Å². The number of hydrogen-bond acceptors (Lipinski definition) is 10. The van der Waals surface area contributed by atoms with E-state index >= 15 is 0 Å². The molecule has 7 unspecified atom stereocenters. The molecule has 0 aliphatic carbocycles. The molecule has 7 atom stereocenters. The van der Waals surface area contributed by atoms with Gasteiger partial charge in [-0.2, -0.15) is 0 Å². The smallest absolute Gasteiger partial charge is 0.305 e. The van der Waals surface area contributed by atoms with E-state index in [1.54, 1.807) is 6.08 Å². The average Bonchev–Trinajstić information content (AvgIpc) is 2.71. The van der Waals surface area contributed by atoms with Crippen LogP contribution in [0.4, 0.5) is 0 Å². The molecule has 1 saturated heterocycles. The van der Waals surface area contributed by atoms with Crippen molar-refractivity contribution in [2.45, 2.75) is 448 Å². The van der Waals surface area contributed by atoms with Gasteiger partial charge in [0.15, 0.2) is 6.29 Å². The Balaban J connectivity index is 1.89. The number of aliphatic hydroxyl groups excluding tert-OH is 5. The van der Waals surface area contributed by atoms with Crippen LogP contribution in [0.2, 0.25) is 0 Å². The van der Waals surface area contributed by atoms with Gasteiger partial charge in [-0.15, -0.1) is 0 Å². The number of carbonyl (C=O) groups is 2. The van der Waals surface area contributed by atoms with Crippen LogP contribution in [0.15, 0.2) is 24.3 Å². The molecule has 0 bridgehead atoms. The lowest BCUT2D eigenvalue weighted by atomic mass is 9.99. The number of rotatable bonds is 71. The number of nitrogens with one attached hydrogen (secondary N) is 1. The van der Waals surface area contributed by atoms with Crippen molar-refractivity contribution in [1.29, 1.82) is 0 Å². The molecule has 1 rings (SSSR count). The van der Waals surface area contributed by atoms with E-state index in [-0.39, 0.29) is 18.5 Å². The molecule has 1 fully saturated rings. The van der Waals surface area contributed by atoms with Crippen molar-refractivity contribution < 1.29 is 49.3 Å². The van der Waals surface area contributed by atoms with Gasteiger partial charge < -0.3 is 45.1 Å². The van der Waals surface area contributed by atoms with Gasteiger partial charge >= 0.3 is 5.97 Å². The quantitative estimate of drug-likeness (QED) is 0.0195. The maximum absolute atomic E-state index is 13.1. The average molecular weight is 1280 g/mol. The third kappa shape index (κ3) is 56.5. The molecule has 1 aliphatic heterocycles. The summed E-state index contributed by atoms with van der Waals surface area (Å²) in [6.07, 6.45) is 77.9. The van der Waals surface area contributed by atoms with E-state index in [4.69, 9.17) is 14.2 Å². The lowest BCUT2D eigenvalue weighted by Crippen LogP contribution is -2.60. The van der Waals surface area contributed by atoms with Crippen LogP contribution in [0.25, 0.3) is 0 Å². The molecule has 90 heavy (non-hydrogen) atoms. The summed E-state index contributed by atoms with van der Waals surface area (Å²) in [7, 11) is 0. The Morgan fingerprint density at radius 1 is 0.400 bits per heavy atom. The third-order valence-electron chi connectivity index (χ3n) is 19.1. The highest BCUT2D eigenvalue weighted by Crippen LogP contribution is 2.24. The van der Waals surface area contributed by atoms with Crippen molar-refractivity contribution in [2.75, 3.05) is 19.8 Å². The minimum atomic E-state index is -1.57. The Bertz CT molecular complexity index is 1540. The fourth-order valence-electron chi connectivity index (χ4n) is 12.9. The molecule has 0 aromatic carbocycles. The first-order valence-electron chi connectivity index (χ1n) is 39.6. The monoisotopic (exact) mass is 1270 g/mol. The Morgan fingerprint density at radius 2 is 0.722 bits per heavy atom. The summed E-state index contributed by atoms with van der Waals surface area (Å²) in [4.78, 5) is 25.1. The predicted octanol–water partition coefficient (Wildman–Crippen LogP) is 21.1. The first-order chi connectivity index (χ1) is 44.2. The summed E-state index contributed by atoms with van der Waals surface area (Å²) in [6, 6.07) is -0.823. The molecule has 0 aromatic heterocycles. The van der Waals surface area contributed by atoms with Crippen LogP contribution >= 0.6 is 0 Å². The summed E-state index contributed by atoms with van der Waals surface area (Å²) in [5.41, 5.74) is 0. The van der Waals surface area contributed by atoms with Crippen molar-refractivity contribution in [3.8, 4) is 0 Å². The molecule has 0 radical (unpaired) electrons. The maximum Gasteiger partial charge on any atom is 0.305 e. The minimum absolute atomic E-state index is 0.0185. The zero-order valence-electron chi connectivity index (χ0n) is 59.4. The number of unbranched alkanes of at least 4 members (excludes halogenated alkanes) is 55. The third-order valence-corrected chi connectivity index (χ3v) is 19.1. The molecule has 0 spiro atoms. The Kier molecular flexibility index (Phi) is 65.6. The van der Waals surface area contributed by atoms with Gasteiger partial charge in [0, 0.05) is 12.8 Å². The zero-order valence-corrected chi connectivity index (χ0v) is 59.4. The molecular weight excluding hydrogens is 1120 g/mol. The SMILES string of the molecule is CCCCCCCCC/C=C/CC/C=C/C(O)C(COC1OC(CO)C(O)C(O)C1O)NC(=O)CCCCCCCCCCCCCCCCCCCCCCCCCCCCCCCCCCCCCCCOC(=O)CCCCCCCCCCCCCC. The van der Waals surface area contributed by atoms with E-state index in [9.17, 15) is 35.1 Å². The fourth-order valence-corrected chi connectivity index (χ4v) is 12.9. The van der Waals surface area contributed by atoms with E-state index in [0.29, 0.717) is 19.4 Å². The predicted molar refractivity (Wildman–Crippen MR) is 380 cm³/mol. The Morgan fingerprint density at radius 3 is 1.10 bits per heavy atom. The lowest BCUT2D eigenvalue weighted by molar-refractivity contribution is -0.302. The van der Waals surface area contributed by atoms with Gasteiger partial charge in [0.2, 0.25) is 5.91 Å². The fraction of sp³-hybridized carbons (Fsp3) is 0.924. The second-order valence-corrected chi connectivity index (χ2v) is 27.8. The summed E-state index contributed by atoms with van der Waals surface area (Å²) in [5, 5.41) is 54.5. The van der Waals surface area contributed by atoms with Crippen LogP contribution in [-0.2, 0) is 23.8 Å². The molecule has 11 nitrogen and oxygen atoms in total.